The molecule has 1 saturated carbocycles. The predicted molar refractivity (Wildman–Crippen MR) is 73.7 cm³/mol. The van der Waals surface area contributed by atoms with Gasteiger partial charge in [-0.05, 0) is 42.9 Å². The van der Waals surface area contributed by atoms with Crippen LogP contribution in [0.1, 0.15) is 32.6 Å². The Bertz CT molecular complexity index is 372. The summed E-state index contributed by atoms with van der Waals surface area (Å²) in [4.78, 5) is 0. The Morgan fingerprint density at radius 1 is 1.29 bits per heavy atom. The largest absolute Gasteiger partial charge is 0.382 e. The van der Waals surface area contributed by atoms with Crippen molar-refractivity contribution in [3.63, 3.8) is 0 Å². The van der Waals surface area contributed by atoms with E-state index in [1.54, 1.807) is 6.07 Å². The molecular weight excluding hydrogens is 281 g/mol. The highest BCUT2D eigenvalue weighted by Gasteiger charge is 2.18. The van der Waals surface area contributed by atoms with Gasteiger partial charge in [-0.3, -0.25) is 0 Å². The molecule has 3 heteroatoms. The van der Waals surface area contributed by atoms with E-state index in [1.807, 2.05) is 6.07 Å². The smallest absolute Gasteiger partial charge is 0.147 e. The summed E-state index contributed by atoms with van der Waals surface area (Å²) in [5.41, 5.74) is 0.617. The molecule has 0 radical (unpaired) electrons. The highest BCUT2D eigenvalue weighted by atomic mass is 79.9. The fourth-order valence-corrected chi connectivity index (χ4v) is 2.75. The third-order valence-corrected chi connectivity index (χ3v) is 4.14. The van der Waals surface area contributed by atoms with Gasteiger partial charge in [0.25, 0.3) is 0 Å². The van der Waals surface area contributed by atoms with Crippen molar-refractivity contribution in [3.05, 3.63) is 28.5 Å². The number of nitrogens with one attached hydrogen (secondary N) is 1. The average Bonchev–Trinajstić information content (AvgIpc) is 2.30. The second kappa shape index (κ2) is 5.85. The highest BCUT2D eigenvalue weighted by molar-refractivity contribution is 9.10. The van der Waals surface area contributed by atoms with Crippen LogP contribution in [0, 0.1) is 17.7 Å². The highest BCUT2D eigenvalue weighted by Crippen LogP contribution is 2.29. The molecule has 0 spiro atoms. The Morgan fingerprint density at radius 2 is 2.00 bits per heavy atom. The quantitative estimate of drug-likeness (QED) is 0.843. The molecule has 0 heterocycles. The van der Waals surface area contributed by atoms with Crippen LogP contribution in [0.2, 0.25) is 0 Å². The van der Waals surface area contributed by atoms with Crippen molar-refractivity contribution in [1.82, 2.24) is 0 Å². The minimum atomic E-state index is -0.177. The van der Waals surface area contributed by atoms with E-state index in [1.165, 1.54) is 31.7 Å². The van der Waals surface area contributed by atoms with Gasteiger partial charge in [-0.15, -0.1) is 0 Å². The van der Waals surface area contributed by atoms with Crippen LogP contribution in [0.15, 0.2) is 22.7 Å². The van der Waals surface area contributed by atoms with Gasteiger partial charge in [0.2, 0.25) is 0 Å². The van der Waals surface area contributed by atoms with Gasteiger partial charge in [-0.1, -0.05) is 35.7 Å². The van der Waals surface area contributed by atoms with Crippen molar-refractivity contribution in [2.45, 2.75) is 32.6 Å². The zero-order chi connectivity index (χ0) is 12.3. The second-order valence-electron chi connectivity index (χ2n) is 5.13. The van der Waals surface area contributed by atoms with E-state index in [9.17, 15) is 4.39 Å². The normalized spacial score (nSPS) is 24.6. The Kier molecular flexibility index (Phi) is 4.43. The van der Waals surface area contributed by atoms with Gasteiger partial charge in [0.15, 0.2) is 0 Å². The number of benzene rings is 1. The molecule has 1 aliphatic carbocycles. The molecule has 1 aromatic rings. The lowest BCUT2D eigenvalue weighted by Gasteiger charge is -2.26. The molecule has 1 aromatic carbocycles. The Morgan fingerprint density at radius 3 is 2.65 bits per heavy atom. The van der Waals surface area contributed by atoms with Crippen molar-refractivity contribution < 1.29 is 4.39 Å². The predicted octanol–water partition coefficient (Wildman–Crippen LogP) is 4.83. The molecule has 2 rings (SSSR count). The Balaban J connectivity index is 1.85. The lowest BCUT2D eigenvalue weighted by molar-refractivity contribution is 0.300. The van der Waals surface area contributed by atoms with Crippen molar-refractivity contribution in [1.29, 1.82) is 0 Å². The zero-order valence-corrected chi connectivity index (χ0v) is 11.8. The summed E-state index contributed by atoms with van der Waals surface area (Å²) in [5, 5.41) is 3.23. The van der Waals surface area contributed by atoms with Crippen LogP contribution in [-0.2, 0) is 0 Å². The first kappa shape index (κ1) is 12.9. The summed E-state index contributed by atoms with van der Waals surface area (Å²) in [6, 6.07) is 5.17. The summed E-state index contributed by atoms with van der Waals surface area (Å²) >= 11 is 3.26. The van der Waals surface area contributed by atoms with Crippen LogP contribution in [0.5, 0.6) is 0 Å². The molecule has 0 bridgehead atoms. The minimum absolute atomic E-state index is 0.177. The standard InChI is InChI=1S/C14H19BrFN/c1-10-2-4-11(5-3-10)9-17-14-7-6-12(15)8-13(14)16/h6-8,10-11,17H,2-5,9H2,1H3. The Labute approximate surface area is 111 Å². The molecule has 0 unspecified atom stereocenters. The average molecular weight is 300 g/mol. The first-order valence-electron chi connectivity index (χ1n) is 6.34. The van der Waals surface area contributed by atoms with Gasteiger partial charge in [0.1, 0.15) is 5.82 Å². The van der Waals surface area contributed by atoms with E-state index < -0.39 is 0 Å². The topological polar surface area (TPSA) is 12.0 Å². The molecular formula is C14H19BrFN. The molecule has 0 saturated heterocycles. The van der Waals surface area contributed by atoms with Crippen LogP contribution in [0.25, 0.3) is 0 Å². The summed E-state index contributed by atoms with van der Waals surface area (Å²) in [5.74, 6) is 1.40. The number of hydrogen-bond donors (Lipinski definition) is 1. The Hall–Kier alpha value is -0.570. The van der Waals surface area contributed by atoms with Crippen molar-refractivity contribution in [2.75, 3.05) is 11.9 Å². The summed E-state index contributed by atoms with van der Waals surface area (Å²) in [6.07, 6.45) is 5.17. The van der Waals surface area contributed by atoms with Gasteiger partial charge in [-0.25, -0.2) is 4.39 Å². The molecule has 1 nitrogen and oxygen atoms in total. The zero-order valence-electron chi connectivity index (χ0n) is 10.2. The van der Waals surface area contributed by atoms with E-state index in [-0.39, 0.29) is 5.82 Å². The lowest BCUT2D eigenvalue weighted by Crippen LogP contribution is -2.20. The van der Waals surface area contributed by atoms with Gasteiger partial charge in [-0.2, -0.15) is 0 Å². The maximum absolute atomic E-state index is 13.6. The van der Waals surface area contributed by atoms with Crippen molar-refractivity contribution in [2.24, 2.45) is 11.8 Å². The summed E-state index contributed by atoms with van der Waals surface area (Å²) in [6.45, 7) is 3.21. The molecule has 94 valence electrons. The third-order valence-electron chi connectivity index (χ3n) is 3.65. The molecule has 0 atom stereocenters. The fourth-order valence-electron chi connectivity index (χ4n) is 2.42. The molecule has 1 N–H and O–H groups in total. The van der Waals surface area contributed by atoms with Gasteiger partial charge >= 0.3 is 0 Å². The van der Waals surface area contributed by atoms with Gasteiger partial charge < -0.3 is 5.32 Å². The molecule has 1 fully saturated rings. The molecule has 1 aliphatic rings. The first-order chi connectivity index (χ1) is 8.15. The summed E-state index contributed by atoms with van der Waals surface area (Å²) in [7, 11) is 0. The van der Waals surface area contributed by atoms with Crippen LogP contribution < -0.4 is 5.32 Å². The number of anilines is 1. The van der Waals surface area contributed by atoms with E-state index in [4.69, 9.17) is 0 Å². The number of hydrogen-bond acceptors (Lipinski definition) is 1. The maximum atomic E-state index is 13.6. The maximum Gasteiger partial charge on any atom is 0.147 e. The first-order valence-corrected chi connectivity index (χ1v) is 7.13. The van der Waals surface area contributed by atoms with Crippen molar-refractivity contribution >= 4 is 21.6 Å². The van der Waals surface area contributed by atoms with E-state index in [2.05, 4.69) is 28.2 Å². The van der Waals surface area contributed by atoms with Crippen LogP contribution in [-0.4, -0.2) is 6.54 Å². The SMILES string of the molecule is CC1CCC(CNc2ccc(Br)cc2F)CC1. The van der Waals surface area contributed by atoms with Gasteiger partial charge in [0.05, 0.1) is 5.69 Å². The molecule has 0 aromatic heterocycles. The van der Waals surface area contributed by atoms with Crippen LogP contribution >= 0.6 is 15.9 Å². The van der Waals surface area contributed by atoms with Gasteiger partial charge in [0, 0.05) is 11.0 Å². The minimum Gasteiger partial charge on any atom is -0.382 e. The van der Waals surface area contributed by atoms with E-state index in [0.29, 0.717) is 11.6 Å². The van der Waals surface area contributed by atoms with Crippen molar-refractivity contribution in [3.8, 4) is 0 Å². The monoisotopic (exact) mass is 299 g/mol. The second-order valence-corrected chi connectivity index (χ2v) is 6.05. The fraction of sp³-hybridized carbons (Fsp3) is 0.571. The number of halogens is 2. The third kappa shape index (κ3) is 3.70. The number of rotatable bonds is 3. The lowest BCUT2D eigenvalue weighted by atomic mass is 9.83. The molecule has 0 aliphatic heterocycles. The molecule has 0 amide bonds. The van der Waals surface area contributed by atoms with E-state index in [0.717, 1.165) is 16.9 Å². The summed E-state index contributed by atoms with van der Waals surface area (Å²) < 4.78 is 14.4. The van der Waals surface area contributed by atoms with E-state index >= 15 is 0 Å². The van der Waals surface area contributed by atoms with Crippen LogP contribution in [0.4, 0.5) is 10.1 Å². The molecule has 17 heavy (non-hydrogen) atoms. The van der Waals surface area contributed by atoms with Crippen LogP contribution in [0.3, 0.4) is 0 Å².